The second-order valence-corrected chi connectivity index (χ2v) is 20.2. The molecule has 1 saturated carbocycles. The van der Waals surface area contributed by atoms with Crippen LogP contribution < -0.4 is 20.6 Å². The number of para-hydroxylation sites is 1. The van der Waals surface area contributed by atoms with Crippen molar-refractivity contribution >= 4 is 62.5 Å². The molecule has 1 aliphatic carbocycles. The van der Waals surface area contributed by atoms with Crippen LogP contribution in [0.15, 0.2) is 114 Å². The van der Waals surface area contributed by atoms with E-state index < -0.39 is 0 Å². The van der Waals surface area contributed by atoms with Gasteiger partial charge in [0.15, 0.2) is 0 Å². The van der Waals surface area contributed by atoms with Gasteiger partial charge in [-0.15, -0.1) is 0 Å². The van der Waals surface area contributed by atoms with Gasteiger partial charge in [0.1, 0.15) is 11.2 Å². The molecule has 0 spiro atoms. The predicted molar refractivity (Wildman–Crippen MR) is 243 cm³/mol. The minimum Gasteiger partial charge on any atom is -0.455 e. The first-order valence-electron chi connectivity index (χ1n) is 21.3. The maximum Gasteiger partial charge on any atom is 0.333 e. The zero-order chi connectivity index (χ0) is 39.4. The summed E-state index contributed by atoms with van der Waals surface area (Å²) in [6, 6.07) is 41.8. The second-order valence-electron chi connectivity index (χ2n) is 20.2. The molecule has 1 fully saturated rings. The number of hydrogen-bond acceptors (Lipinski definition) is 3. The molecule has 57 heavy (non-hydrogen) atoms. The molecule has 3 aliphatic heterocycles. The van der Waals surface area contributed by atoms with Crippen molar-refractivity contribution in [3.05, 3.63) is 131 Å². The van der Waals surface area contributed by atoms with Crippen LogP contribution in [0.25, 0.3) is 44.2 Å². The van der Waals surface area contributed by atoms with Crippen LogP contribution in [0.3, 0.4) is 0 Å². The highest BCUT2D eigenvalue weighted by Crippen LogP contribution is 2.63. The number of furan rings is 1. The van der Waals surface area contributed by atoms with Crippen LogP contribution in [-0.4, -0.2) is 12.4 Å². The molecule has 0 N–H and O–H groups in total. The summed E-state index contributed by atoms with van der Waals surface area (Å²) in [5, 5.41) is 2.34. The van der Waals surface area contributed by atoms with Gasteiger partial charge in [0.2, 0.25) is 0 Å². The quantitative estimate of drug-likeness (QED) is 0.164. The molecule has 2 unspecified atom stereocenters. The van der Waals surface area contributed by atoms with Gasteiger partial charge in [0, 0.05) is 50.1 Å². The second kappa shape index (κ2) is 11.5. The molecule has 4 heteroatoms. The Morgan fingerprint density at radius 2 is 1.37 bits per heavy atom. The Kier molecular flexibility index (Phi) is 7.04. The fraction of sp³-hybridized carbons (Fsp3) is 0.321. The van der Waals surface area contributed by atoms with E-state index in [-0.39, 0.29) is 28.6 Å². The van der Waals surface area contributed by atoms with E-state index in [1.165, 1.54) is 109 Å². The molecule has 1 aromatic heterocycles. The SMILES string of the molecule is Cc1cc2c3c(c1)N1c4c(cc(C(C)(C)C)cc4C4(C)CCCCC14C)B3N(c1ccc(C(C)(C)C)cc1-c1ccccc1)c1ccc3c(oc4ccccc43)c1-2. The molecular weight excluding hydrogens is 691 g/mol. The van der Waals surface area contributed by atoms with Crippen LogP contribution in [0.2, 0.25) is 0 Å². The Morgan fingerprint density at radius 3 is 2.14 bits per heavy atom. The molecule has 6 aromatic carbocycles. The first-order chi connectivity index (χ1) is 27.2. The van der Waals surface area contributed by atoms with Crippen LogP contribution in [-0.2, 0) is 16.2 Å². The molecule has 0 amide bonds. The smallest absolute Gasteiger partial charge is 0.333 e. The third-order valence-corrected chi connectivity index (χ3v) is 14.7. The first-order valence-corrected chi connectivity index (χ1v) is 21.3. The molecule has 284 valence electrons. The number of benzene rings is 6. The molecule has 7 aromatic rings. The van der Waals surface area contributed by atoms with Crippen LogP contribution in [0.1, 0.15) is 103 Å². The monoisotopic (exact) mass is 744 g/mol. The van der Waals surface area contributed by atoms with Gasteiger partial charge in [-0.1, -0.05) is 134 Å². The van der Waals surface area contributed by atoms with Crippen LogP contribution in [0.4, 0.5) is 22.7 Å². The highest BCUT2D eigenvalue weighted by Gasteiger charge is 2.62. The lowest BCUT2D eigenvalue weighted by atomic mass is 9.43. The summed E-state index contributed by atoms with van der Waals surface area (Å²) in [4.78, 5) is 5.58. The number of nitrogens with zero attached hydrogens (tertiary/aromatic N) is 2. The average Bonchev–Trinajstić information content (AvgIpc) is 3.66. The molecule has 2 atom stereocenters. The van der Waals surface area contributed by atoms with Crippen molar-refractivity contribution in [1.82, 2.24) is 0 Å². The lowest BCUT2D eigenvalue weighted by Crippen LogP contribution is -2.64. The fourth-order valence-electron chi connectivity index (χ4n) is 11.5. The van der Waals surface area contributed by atoms with Crippen LogP contribution >= 0.6 is 0 Å². The summed E-state index contributed by atoms with van der Waals surface area (Å²) >= 11 is 0. The van der Waals surface area contributed by atoms with Crippen LogP contribution in [0.5, 0.6) is 0 Å². The highest BCUT2D eigenvalue weighted by atomic mass is 16.3. The number of aryl methyl sites for hydroxylation is 1. The summed E-state index contributed by atoms with van der Waals surface area (Å²) in [6.07, 6.45) is 4.90. The normalized spacial score (nSPS) is 20.8. The number of fused-ring (bicyclic) bond motifs is 11. The van der Waals surface area contributed by atoms with Crippen molar-refractivity contribution in [3.8, 4) is 22.3 Å². The molecule has 4 heterocycles. The largest absolute Gasteiger partial charge is 0.455 e. The van der Waals surface area contributed by atoms with Crippen molar-refractivity contribution in [3.63, 3.8) is 0 Å². The fourth-order valence-corrected chi connectivity index (χ4v) is 11.5. The first kappa shape index (κ1) is 35.0. The standard InChI is InChI=1S/C53H53BN2O/c1-32-27-39-46-43(24-22-37-36-19-13-14-20-45(36)57-49(37)46)56(42-23-21-34(50(2,3)4)29-38(42)33-17-11-10-12-18-33)54-41-31-35(51(5,6)7)30-40-48(41)55(44(28-32)47(39)54)53(9)26-16-15-25-52(40,53)8/h10-14,17-24,27-31H,15-16,25-26H2,1-9H3. The Hall–Kier alpha value is -5.22. The number of rotatable bonds is 2. The highest BCUT2D eigenvalue weighted by molar-refractivity contribution is 6.94. The van der Waals surface area contributed by atoms with E-state index in [4.69, 9.17) is 4.42 Å². The van der Waals surface area contributed by atoms with Gasteiger partial charge >= 0.3 is 6.85 Å². The number of hydrogen-bond donors (Lipinski definition) is 0. The van der Waals surface area contributed by atoms with Crippen molar-refractivity contribution < 1.29 is 4.42 Å². The van der Waals surface area contributed by atoms with E-state index in [2.05, 4.69) is 181 Å². The van der Waals surface area contributed by atoms with Crippen molar-refractivity contribution in [2.75, 3.05) is 9.71 Å². The molecule has 11 rings (SSSR count). The van der Waals surface area contributed by atoms with E-state index in [1.807, 2.05) is 0 Å². The molecule has 0 saturated heterocycles. The molecule has 4 aliphatic rings. The van der Waals surface area contributed by atoms with E-state index in [9.17, 15) is 0 Å². The van der Waals surface area contributed by atoms with Gasteiger partial charge in [-0.25, -0.2) is 0 Å². The van der Waals surface area contributed by atoms with Gasteiger partial charge in [-0.2, -0.15) is 0 Å². The van der Waals surface area contributed by atoms with Gasteiger partial charge in [0.05, 0.1) is 5.54 Å². The van der Waals surface area contributed by atoms with Crippen molar-refractivity contribution in [2.24, 2.45) is 0 Å². The van der Waals surface area contributed by atoms with E-state index >= 15 is 0 Å². The predicted octanol–water partition coefficient (Wildman–Crippen LogP) is 13.1. The lowest BCUT2D eigenvalue weighted by molar-refractivity contribution is 0.195. The third-order valence-electron chi connectivity index (χ3n) is 14.7. The van der Waals surface area contributed by atoms with Crippen molar-refractivity contribution in [2.45, 2.75) is 110 Å². The number of anilines is 4. The maximum absolute atomic E-state index is 7.02. The van der Waals surface area contributed by atoms with Crippen molar-refractivity contribution in [1.29, 1.82) is 0 Å². The molecule has 0 bridgehead atoms. The van der Waals surface area contributed by atoms with E-state index in [0.29, 0.717) is 0 Å². The van der Waals surface area contributed by atoms with Crippen LogP contribution in [0, 0.1) is 6.92 Å². The van der Waals surface area contributed by atoms with Gasteiger partial charge < -0.3 is 14.1 Å². The van der Waals surface area contributed by atoms with E-state index in [0.717, 1.165) is 11.2 Å². The summed E-state index contributed by atoms with van der Waals surface area (Å²) in [6.45, 7) is 21.6. The Labute approximate surface area is 338 Å². The summed E-state index contributed by atoms with van der Waals surface area (Å²) in [5.41, 5.74) is 20.5. The summed E-state index contributed by atoms with van der Waals surface area (Å²) < 4.78 is 7.02. The zero-order valence-corrected chi connectivity index (χ0v) is 35.1. The lowest BCUT2D eigenvalue weighted by Gasteiger charge is -2.53. The minimum absolute atomic E-state index is 0.00597. The Morgan fingerprint density at radius 1 is 0.649 bits per heavy atom. The minimum atomic E-state index is -0.0502. The third kappa shape index (κ3) is 4.62. The Balaban J connectivity index is 1.32. The average molecular weight is 745 g/mol. The van der Waals surface area contributed by atoms with E-state index in [1.54, 1.807) is 5.56 Å². The topological polar surface area (TPSA) is 19.6 Å². The van der Waals surface area contributed by atoms with Gasteiger partial charge in [-0.05, 0) is 118 Å². The molecular formula is C53H53BN2O. The zero-order valence-electron chi connectivity index (χ0n) is 35.1. The van der Waals surface area contributed by atoms with Gasteiger partial charge in [0.25, 0.3) is 0 Å². The molecule has 0 radical (unpaired) electrons. The summed E-state index contributed by atoms with van der Waals surface area (Å²) in [5.74, 6) is 0. The van der Waals surface area contributed by atoms with Gasteiger partial charge in [-0.3, -0.25) is 0 Å². The Bertz CT molecular complexity index is 2840. The summed E-state index contributed by atoms with van der Waals surface area (Å²) in [7, 11) is 0. The maximum atomic E-state index is 7.02. The molecule has 3 nitrogen and oxygen atoms in total.